The van der Waals surface area contributed by atoms with Crippen molar-refractivity contribution < 1.29 is 13.2 Å². The van der Waals surface area contributed by atoms with E-state index in [1.54, 1.807) is 36.5 Å². The fourth-order valence-electron chi connectivity index (χ4n) is 2.43. The summed E-state index contributed by atoms with van der Waals surface area (Å²) in [5.41, 5.74) is 2.65. The molecule has 0 aliphatic heterocycles. The molecule has 2 rings (SSSR count). The Morgan fingerprint density at radius 1 is 1.26 bits per heavy atom. The van der Waals surface area contributed by atoms with Gasteiger partial charge in [0.15, 0.2) is 0 Å². The van der Waals surface area contributed by atoms with Crippen LogP contribution in [-0.4, -0.2) is 25.6 Å². The molecule has 7 heteroatoms. The van der Waals surface area contributed by atoms with Gasteiger partial charge in [0.05, 0.1) is 23.5 Å². The minimum atomic E-state index is -3.38. The van der Waals surface area contributed by atoms with Crippen molar-refractivity contribution in [1.29, 1.82) is 0 Å². The summed E-state index contributed by atoms with van der Waals surface area (Å²) in [5, 5.41) is 2.91. The van der Waals surface area contributed by atoms with Gasteiger partial charge in [-0.1, -0.05) is 25.1 Å². The van der Waals surface area contributed by atoms with Gasteiger partial charge in [-0.15, -0.1) is 0 Å². The average Bonchev–Trinajstić information content (AvgIpc) is 2.94. The van der Waals surface area contributed by atoms with E-state index in [9.17, 15) is 13.2 Å². The zero-order valence-corrected chi connectivity index (χ0v) is 14.2. The second-order valence-corrected chi connectivity index (χ2v) is 7.13. The molecule has 2 aromatic rings. The number of amides is 1. The molecule has 0 aliphatic rings. The van der Waals surface area contributed by atoms with Gasteiger partial charge in [0, 0.05) is 11.9 Å². The van der Waals surface area contributed by atoms with Gasteiger partial charge in [-0.25, -0.2) is 8.42 Å². The molecule has 124 valence electrons. The maximum atomic E-state index is 12.4. The molecule has 6 nitrogen and oxygen atoms in total. The molecule has 1 aromatic carbocycles. The van der Waals surface area contributed by atoms with Crippen LogP contribution in [0.2, 0.25) is 0 Å². The third kappa shape index (κ3) is 4.35. The molecule has 0 unspecified atom stereocenters. The molecule has 23 heavy (non-hydrogen) atoms. The minimum absolute atomic E-state index is 0.190. The van der Waals surface area contributed by atoms with Gasteiger partial charge in [0.1, 0.15) is 0 Å². The molecule has 1 heterocycles. The lowest BCUT2D eigenvalue weighted by Crippen LogP contribution is -2.28. The van der Waals surface area contributed by atoms with Gasteiger partial charge in [-0.05, 0) is 31.0 Å². The van der Waals surface area contributed by atoms with Crippen molar-refractivity contribution in [2.75, 3.05) is 11.0 Å². The number of anilines is 1. The van der Waals surface area contributed by atoms with Crippen LogP contribution in [0.15, 0.2) is 36.5 Å². The molecule has 0 fully saturated rings. The molecule has 3 N–H and O–H groups in total. The largest absolute Gasteiger partial charge is 0.364 e. The smallest absolute Gasteiger partial charge is 0.253 e. The highest BCUT2D eigenvalue weighted by Crippen LogP contribution is 2.24. The number of aryl methyl sites for hydroxylation is 1. The lowest BCUT2D eigenvalue weighted by Gasteiger charge is -2.18. The predicted octanol–water partition coefficient (Wildman–Crippen LogP) is 2.44. The summed E-state index contributed by atoms with van der Waals surface area (Å²) in [5.74, 6) is -0.190. The number of sulfonamides is 1. The second kappa shape index (κ2) is 6.87. The second-order valence-electron chi connectivity index (χ2n) is 5.38. The van der Waals surface area contributed by atoms with E-state index < -0.39 is 10.0 Å². The van der Waals surface area contributed by atoms with Gasteiger partial charge in [-0.2, -0.15) is 0 Å². The number of para-hydroxylation sites is 1. The van der Waals surface area contributed by atoms with Gasteiger partial charge in [0.2, 0.25) is 10.0 Å². The van der Waals surface area contributed by atoms with E-state index in [-0.39, 0.29) is 11.9 Å². The van der Waals surface area contributed by atoms with E-state index in [0.717, 1.165) is 18.4 Å². The topological polar surface area (TPSA) is 91.1 Å². The Kier molecular flexibility index (Phi) is 5.10. The summed E-state index contributed by atoms with van der Waals surface area (Å²) in [6.45, 7) is 3.79. The molecular formula is C16H21N3O3S. The van der Waals surface area contributed by atoms with E-state index in [1.165, 1.54) is 0 Å². The Bertz CT molecular complexity index is 796. The summed E-state index contributed by atoms with van der Waals surface area (Å²) in [7, 11) is -3.38. The number of benzene rings is 1. The highest BCUT2D eigenvalue weighted by molar-refractivity contribution is 7.92. The highest BCUT2D eigenvalue weighted by Gasteiger charge is 2.17. The maximum Gasteiger partial charge on any atom is 0.253 e. The summed E-state index contributed by atoms with van der Waals surface area (Å²) in [6, 6.07) is 8.41. The number of nitrogens with one attached hydrogen (secondary N) is 3. The summed E-state index contributed by atoms with van der Waals surface area (Å²) >= 11 is 0. The predicted molar refractivity (Wildman–Crippen MR) is 91.0 cm³/mol. The summed E-state index contributed by atoms with van der Waals surface area (Å²) in [4.78, 5) is 15.4. The summed E-state index contributed by atoms with van der Waals surface area (Å²) in [6.07, 6.45) is 3.56. The monoisotopic (exact) mass is 335 g/mol. The molecule has 1 aromatic heterocycles. The van der Waals surface area contributed by atoms with Crippen molar-refractivity contribution >= 4 is 21.6 Å². The van der Waals surface area contributed by atoms with Crippen molar-refractivity contribution in [1.82, 2.24) is 10.3 Å². The van der Waals surface area contributed by atoms with Crippen molar-refractivity contribution in [3.8, 4) is 0 Å². The first-order chi connectivity index (χ1) is 10.8. The normalized spacial score (nSPS) is 12.7. The van der Waals surface area contributed by atoms with E-state index in [4.69, 9.17) is 0 Å². The van der Waals surface area contributed by atoms with E-state index in [2.05, 4.69) is 15.0 Å². The molecular weight excluding hydrogens is 314 g/mol. The Balaban J connectivity index is 2.21. The standard InChI is InChI=1S/C16H21N3O3S/c1-4-14-13(9-10-17-14)16(20)18-11(2)12-7-5-6-8-15(12)19-23(3,21)22/h5-11,17,19H,4H2,1-3H3,(H,18,20)/t11-/m1/s1. The number of hydrogen-bond acceptors (Lipinski definition) is 3. The molecule has 1 atom stereocenters. The fraction of sp³-hybridized carbons (Fsp3) is 0.312. The average molecular weight is 335 g/mol. The van der Waals surface area contributed by atoms with Crippen LogP contribution < -0.4 is 10.0 Å². The van der Waals surface area contributed by atoms with Crippen LogP contribution in [0, 0.1) is 0 Å². The Morgan fingerprint density at radius 3 is 2.61 bits per heavy atom. The van der Waals surface area contributed by atoms with E-state index in [1.807, 2.05) is 13.8 Å². The van der Waals surface area contributed by atoms with Crippen LogP contribution in [0.3, 0.4) is 0 Å². The number of rotatable bonds is 6. The van der Waals surface area contributed by atoms with Crippen molar-refractivity contribution in [3.63, 3.8) is 0 Å². The summed E-state index contributed by atoms with van der Waals surface area (Å²) < 4.78 is 25.4. The fourth-order valence-corrected chi connectivity index (χ4v) is 3.01. The zero-order valence-electron chi connectivity index (χ0n) is 13.4. The molecule has 0 bridgehead atoms. The first-order valence-electron chi connectivity index (χ1n) is 7.35. The van der Waals surface area contributed by atoms with E-state index in [0.29, 0.717) is 16.8 Å². The zero-order chi connectivity index (χ0) is 17.0. The lowest BCUT2D eigenvalue weighted by molar-refractivity contribution is 0.0939. The number of aromatic nitrogens is 1. The molecule has 1 amide bonds. The lowest BCUT2D eigenvalue weighted by atomic mass is 10.1. The number of aromatic amines is 1. The van der Waals surface area contributed by atoms with Gasteiger partial charge < -0.3 is 10.3 Å². The molecule has 0 aliphatic carbocycles. The molecule has 0 spiro atoms. The number of carbonyl (C=O) groups excluding carboxylic acids is 1. The van der Waals surface area contributed by atoms with Gasteiger partial charge in [0.25, 0.3) is 5.91 Å². The molecule has 0 saturated carbocycles. The number of H-pyrrole nitrogens is 1. The Hall–Kier alpha value is -2.28. The number of hydrogen-bond donors (Lipinski definition) is 3. The molecule has 0 radical (unpaired) electrons. The quantitative estimate of drug-likeness (QED) is 0.757. The van der Waals surface area contributed by atoms with Crippen LogP contribution in [-0.2, 0) is 16.4 Å². The van der Waals surface area contributed by atoms with Crippen LogP contribution >= 0.6 is 0 Å². The Morgan fingerprint density at radius 2 is 1.96 bits per heavy atom. The maximum absolute atomic E-state index is 12.4. The first kappa shape index (κ1) is 17.1. The third-order valence-electron chi connectivity index (χ3n) is 3.50. The SMILES string of the molecule is CCc1[nH]ccc1C(=O)N[C@H](C)c1ccccc1NS(C)(=O)=O. The highest BCUT2D eigenvalue weighted by atomic mass is 32.2. The number of carbonyl (C=O) groups is 1. The van der Waals surface area contributed by atoms with E-state index >= 15 is 0 Å². The van der Waals surface area contributed by atoms with Crippen LogP contribution in [0.5, 0.6) is 0 Å². The van der Waals surface area contributed by atoms with Crippen molar-refractivity contribution in [2.24, 2.45) is 0 Å². The van der Waals surface area contributed by atoms with Crippen LogP contribution in [0.25, 0.3) is 0 Å². The Labute approximate surface area is 136 Å². The van der Waals surface area contributed by atoms with Gasteiger partial charge in [-0.3, -0.25) is 9.52 Å². The van der Waals surface area contributed by atoms with Crippen molar-refractivity contribution in [2.45, 2.75) is 26.3 Å². The third-order valence-corrected chi connectivity index (χ3v) is 4.09. The first-order valence-corrected chi connectivity index (χ1v) is 9.24. The van der Waals surface area contributed by atoms with Crippen LogP contribution in [0.1, 0.15) is 41.5 Å². The van der Waals surface area contributed by atoms with Gasteiger partial charge >= 0.3 is 0 Å². The molecule has 0 saturated heterocycles. The van der Waals surface area contributed by atoms with Crippen molar-refractivity contribution in [3.05, 3.63) is 53.3 Å². The van der Waals surface area contributed by atoms with Crippen LogP contribution in [0.4, 0.5) is 5.69 Å². The minimum Gasteiger partial charge on any atom is -0.364 e.